The van der Waals surface area contributed by atoms with Crippen LogP contribution in [0.1, 0.15) is 5.56 Å². The van der Waals surface area contributed by atoms with E-state index >= 15 is 0 Å². The number of para-hydroxylation sites is 1. The third kappa shape index (κ3) is 5.81. The van der Waals surface area contributed by atoms with Gasteiger partial charge in [0.25, 0.3) is 5.91 Å². The van der Waals surface area contributed by atoms with E-state index in [0.717, 1.165) is 15.7 Å². The van der Waals surface area contributed by atoms with Gasteiger partial charge in [-0.2, -0.15) is 5.10 Å². The average molecular weight is 543 g/mol. The fourth-order valence-corrected chi connectivity index (χ4v) is 4.28. The Morgan fingerprint density at radius 2 is 1.94 bits per heavy atom. The fourth-order valence-electron chi connectivity index (χ4n) is 2.95. The van der Waals surface area contributed by atoms with Gasteiger partial charge in [0.15, 0.2) is 11.0 Å². The van der Waals surface area contributed by atoms with Gasteiger partial charge in [0.1, 0.15) is 5.75 Å². The normalized spacial score (nSPS) is 11.1. The lowest BCUT2D eigenvalue weighted by molar-refractivity contribution is -0.118. The summed E-state index contributed by atoms with van der Waals surface area (Å²) in [4.78, 5) is 12.3. The Balaban J connectivity index is 1.50. The van der Waals surface area contributed by atoms with Crippen molar-refractivity contribution in [1.29, 1.82) is 0 Å². The van der Waals surface area contributed by atoms with Crippen LogP contribution in [0.25, 0.3) is 17.1 Å². The lowest BCUT2D eigenvalue weighted by atomic mass is 10.2. The molecule has 0 aliphatic heterocycles. The summed E-state index contributed by atoms with van der Waals surface area (Å²) in [6.45, 7) is 0. The van der Waals surface area contributed by atoms with Gasteiger partial charge in [-0.3, -0.25) is 9.36 Å². The van der Waals surface area contributed by atoms with Crippen molar-refractivity contribution in [3.8, 4) is 22.8 Å². The number of phenols is 1. The first-order chi connectivity index (χ1) is 16.0. The lowest BCUT2D eigenvalue weighted by Gasteiger charge is -2.10. The Labute approximate surface area is 207 Å². The van der Waals surface area contributed by atoms with Crippen LogP contribution in [0.4, 0.5) is 0 Å². The molecule has 0 spiro atoms. The monoisotopic (exact) mass is 541 g/mol. The number of rotatable bonds is 7. The number of hydrazone groups is 1. The Morgan fingerprint density at radius 3 is 2.73 bits per heavy atom. The second-order valence-corrected chi connectivity index (χ2v) is 9.07. The van der Waals surface area contributed by atoms with Crippen LogP contribution in [0.3, 0.4) is 0 Å². The van der Waals surface area contributed by atoms with E-state index in [1.54, 1.807) is 12.1 Å². The minimum absolute atomic E-state index is 0.0165. The zero-order valence-corrected chi connectivity index (χ0v) is 20.2. The van der Waals surface area contributed by atoms with Crippen LogP contribution in [-0.4, -0.2) is 37.7 Å². The summed E-state index contributed by atoms with van der Waals surface area (Å²) in [6.07, 6.45) is 1.33. The second kappa shape index (κ2) is 10.7. The lowest BCUT2D eigenvalue weighted by Crippen LogP contribution is -2.20. The summed E-state index contributed by atoms with van der Waals surface area (Å²) < 4.78 is 2.84. The Bertz CT molecular complexity index is 1310. The number of carbonyl (C=O) groups is 1. The maximum atomic E-state index is 12.3. The molecule has 0 saturated carbocycles. The van der Waals surface area contributed by atoms with E-state index in [0.29, 0.717) is 21.6 Å². The molecule has 0 saturated heterocycles. The van der Waals surface area contributed by atoms with Gasteiger partial charge >= 0.3 is 0 Å². The van der Waals surface area contributed by atoms with Crippen LogP contribution in [0.2, 0.25) is 5.02 Å². The van der Waals surface area contributed by atoms with Crippen molar-refractivity contribution in [2.75, 3.05) is 5.75 Å². The number of aromatic nitrogens is 3. The second-order valence-electron chi connectivity index (χ2n) is 6.77. The van der Waals surface area contributed by atoms with Crippen molar-refractivity contribution in [2.24, 2.45) is 5.10 Å². The number of hydrogen-bond donors (Lipinski definition) is 2. The Morgan fingerprint density at radius 1 is 1.12 bits per heavy atom. The average Bonchev–Trinajstić information content (AvgIpc) is 3.24. The van der Waals surface area contributed by atoms with Crippen molar-refractivity contribution in [3.63, 3.8) is 0 Å². The molecule has 7 nitrogen and oxygen atoms in total. The maximum Gasteiger partial charge on any atom is 0.250 e. The molecule has 4 aromatic rings. The maximum absolute atomic E-state index is 12.3. The van der Waals surface area contributed by atoms with Crippen molar-refractivity contribution in [2.45, 2.75) is 5.16 Å². The summed E-state index contributed by atoms with van der Waals surface area (Å²) in [5, 5.41) is 23.4. The van der Waals surface area contributed by atoms with Gasteiger partial charge in [-0.1, -0.05) is 69.6 Å². The number of nitrogens with zero attached hydrogens (tertiary/aromatic N) is 4. The molecule has 0 fully saturated rings. The third-order valence-corrected chi connectivity index (χ3v) is 6.10. The molecule has 1 heterocycles. The molecule has 3 aromatic carbocycles. The van der Waals surface area contributed by atoms with Gasteiger partial charge in [-0.15, -0.1) is 10.2 Å². The van der Waals surface area contributed by atoms with E-state index in [4.69, 9.17) is 11.6 Å². The van der Waals surface area contributed by atoms with Crippen LogP contribution >= 0.6 is 39.3 Å². The molecular weight excluding hydrogens is 526 g/mol. The molecule has 4 rings (SSSR count). The smallest absolute Gasteiger partial charge is 0.250 e. The zero-order chi connectivity index (χ0) is 23.2. The molecule has 0 atom stereocenters. The van der Waals surface area contributed by atoms with Gasteiger partial charge in [-0.25, -0.2) is 5.43 Å². The van der Waals surface area contributed by atoms with Crippen molar-refractivity contribution >= 4 is 51.4 Å². The van der Waals surface area contributed by atoms with E-state index in [1.807, 2.05) is 59.2 Å². The predicted octanol–water partition coefficient (Wildman–Crippen LogP) is 5.30. The number of aromatic hydroxyl groups is 1. The number of hydrogen-bond acceptors (Lipinski definition) is 6. The van der Waals surface area contributed by atoms with E-state index in [2.05, 4.69) is 36.7 Å². The minimum Gasteiger partial charge on any atom is -0.507 e. The molecular formula is C23H17BrClN5O2S. The fraction of sp³-hybridized carbons (Fsp3) is 0.0435. The molecule has 166 valence electrons. The summed E-state index contributed by atoms with van der Waals surface area (Å²) in [5.41, 5.74) is 4.62. The highest BCUT2D eigenvalue weighted by molar-refractivity contribution is 9.10. The molecule has 0 bridgehead atoms. The van der Waals surface area contributed by atoms with E-state index < -0.39 is 0 Å². The predicted molar refractivity (Wildman–Crippen MR) is 134 cm³/mol. The number of benzene rings is 3. The number of nitrogens with one attached hydrogen (secondary N) is 1. The quantitative estimate of drug-likeness (QED) is 0.188. The van der Waals surface area contributed by atoms with Gasteiger partial charge in [0.05, 0.1) is 12.0 Å². The van der Waals surface area contributed by atoms with Crippen molar-refractivity contribution < 1.29 is 9.90 Å². The minimum atomic E-state index is -0.329. The molecule has 0 aliphatic carbocycles. The van der Waals surface area contributed by atoms with Gasteiger partial charge in [0, 0.05) is 26.3 Å². The summed E-state index contributed by atoms with van der Waals surface area (Å²) in [6, 6.07) is 22.1. The first-order valence-corrected chi connectivity index (χ1v) is 11.9. The van der Waals surface area contributed by atoms with Crippen LogP contribution in [0, 0.1) is 0 Å². The number of halogens is 2. The molecule has 1 aromatic heterocycles. The van der Waals surface area contributed by atoms with Crippen molar-refractivity contribution in [3.05, 3.63) is 87.9 Å². The number of amides is 1. The highest BCUT2D eigenvalue weighted by Gasteiger charge is 2.17. The van der Waals surface area contributed by atoms with E-state index in [9.17, 15) is 9.90 Å². The highest BCUT2D eigenvalue weighted by atomic mass is 79.9. The largest absolute Gasteiger partial charge is 0.507 e. The van der Waals surface area contributed by atoms with Gasteiger partial charge in [0.2, 0.25) is 0 Å². The number of thioether (sulfide) groups is 1. The molecule has 0 aliphatic rings. The molecule has 0 unspecified atom stereocenters. The summed E-state index contributed by atoms with van der Waals surface area (Å²) in [7, 11) is 0. The SMILES string of the molecule is O=C(CSc1nnc(-c2cccc(Br)c2)n1-c1ccccc1)NN=Cc1cc(Cl)ccc1O. The van der Waals surface area contributed by atoms with Gasteiger partial charge in [-0.05, 0) is 42.5 Å². The Hall–Kier alpha value is -3.14. The first kappa shape index (κ1) is 23.0. The molecule has 2 N–H and O–H groups in total. The molecule has 10 heteroatoms. The third-order valence-electron chi connectivity index (χ3n) is 4.45. The van der Waals surface area contributed by atoms with Crippen LogP contribution in [-0.2, 0) is 4.79 Å². The van der Waals surface area contributed by atoms with Crippen molar-refractivity contribution in [1.82, 2.24) is 20.2 Å². The van der Waals surface area contributed by atoms with Crippen LogP contribution < -0.4 is 5.43 Å². The molecule has 0 radical (unpaired) electrons. The summed E-state index contributed by atoms with van der Waals surface area (Å²) in [5.74, 6) is 0.426. The van der Waals surface area contributed by atoms with Crippen LogP contribution in [0.5, 0.6) is 5.75 Å². The molecule has 1 amide bonds. The number of carbonyl (C=O) groups excluding carboxylic acids is 1. The van der Waals surface area contributed by atoms with Gasteiger partial charge < -0.3 is 5.11 Å². The molecule has 33 heavy (non-hydrogen) atoms. The highest BCUT2D eigenvalue weighted by Crippen LogP contribution is 2.29. The zero-order valence-electron chi connectivity index (χ0n) is 17.0. The topological polar surface area (TPSA) is 92.4 Å². The first-order valence-electron chi connectivity index (χ1n) is 9.71. The van der Waals surface area contributed by atoms with E-state index in [1.165, 1.54) is 24.0 Å². The van der Waals surface area contributed by atoms with Crippen LogP contribution in [0.15, 0.2) is 87.5 Å². The summed E-state index contributed by atoms with van der Waals surface area (Å²) >= 11 is 10.7. The Kier molecular flexibility index (Phi) is 7.43. The van der Waals surface area contributed by atoms with E-state index in [-0.39, 0.29) is 17.4 Å². The standard InChI is InChI=1S/C23H17BrClN5O2S/c24-17-6-4-5-15(11-17)22-28-29-23(30(22)19-7-2-1-3-8-19)33-14-21(32)27-26-13-16-12-18(25)9-10-20(16)31/h1-13,31H,14H2,(H,27,32). The number of phenolic OH excluding ortho intramolecular Hbond substituents is 1.